The quantitative estimate of drug-likeness (QED) is 0.284. The maximum Gasteiger partial charge on any atom is 0.186 e. The second-order valence-electron chi connectivity index (χ2n) is 0.829. The largest absolute Gasteiger partial charge is 0.262 e. The molecule has 0 fully saturated rings. The Morgan fingerprint density at radius 3 is 1.67 bits per heavy atom. The predicted octanol–water partition coefficient (Wildman–Crippen LogP) is -2.75. The first-order chi connectivity index (χ1) is 2.81. The third-order valence-electron chi connectivity index (χ3n) is 0.368. The Bertz CT molecular complexity index is 53.8. The number of hydrogen-bond acceptors (Lipinski definition) is 0. The average molecular weight is 107 g/mol. The van der Waals surface area contributed by atoms with Crippen molar-refractivity contribution in [3.63, 3.8) is 0 Å². The number of halogens is 1. The van der Waals surface area contributed by atoms with Crippen molar-refractivity contribution >= 4 is 24.0 Å². The standard InChI is InChI=1S/C3H5ClN2/c4-3(1-5)2-6/h1-3,5-6H/p+2. The molecule has 34 valence electrons. The van der Waals surface area contributed by atoms with E-state index in [1.54, 1.807) is 0 Å². The zero-order valence-corrected chi connectivity index (χ0v) is 4.02. The van der Waals surface area contributed by atoms with Gasteiger partial charge in [-0.1, -0.05) is 0 Å². The van der Waals surface area contributed by atoms with Gasteiger partial charge in [0.2, 0.25) is 0 Å². The molecule has 0 aromatic rings. The minimum Gasteiger partial charge on any atom is -0.262 e. The van der Waals surface area contributed by atoms with Gasteiger partial charge in [-0.05, 0) is 0 Å². The van der Waals surface area contributed by atoms with Gasteiger partial charge in [0.05, 0.1) is 0 Å². The summed E-state index contributed by atoms with van der Waals surface area (Å²) in [5.41, 5.74) is 0. The van der Waals surface area contributed by atoms with Crippen molar-refractivity contribution in [1.29, 1.82) is 0 Å². The highest BCUT2D eigenvalue weighted by Crippen LogP contribution is 1.77. The molecule has 0 aromatic carbocycles. The van der Waals surface area contributed by atoms with E-state index in [1.165, 1.54) is 12.4 Å². The van der Waals surface area contributed by atoms with Crippen LogP contribution in [-0.4, -0.2) is 17.8 Å². The van der Waals surface area contributed by atoms with Crippen molar-refractivity contribution in [3.05, 3.63) is 0 Å². The Kier molecular flexibility index (Phi) is 2.67. The molecule has 4 N–H and O–H groups in total. The Balaban J connectivity index is 3.21. The molecule has 2 nitrogen and oxygen atoms in total. The lowest BCUT2D eigenvalue weighted by molar-refractivity contribution is -0.113. The lowest BCUT2D eigenvalue weighted by Crippen LogP contribution is -2.41. The number of hydrogen-bond donors (Lipinski definition) is 2. The van der Waals surface area contributed by atoms with Crippen LogP contribution >= 0.6 is 11.6 Å². The topological polar surface area (TPSA) is 51.2 Å². The molecule has 0 aliphatic rings. The highest BCUT2D eigenvalue weighted by molar-refractivity contribution is 6.35. The van der Waals surface area contributed by atoms with Crippen molar-refractivity contribution in [2.24, 2.45) is 0 Å². The highest BCUT2D eigenvalue weighted by atomic mass is 35.5. The third-order valence-corrected chi connectivity index (χ3v) is 0.659. The lowest BCUT2D eigenvalue weighted by atomic mass is 10.5. The summed E-state index contributed by atoms with van der Waals surface area (Å²) in [4.78, 5) is 0. The van der Waals surface area contributed by atoms with E-state index in [-0.39, 0.29) is 5.38 Å². The SMILES string of the molecule is [NH2+]=CC(Cl)C=[NH2+]. The van der Waals surface area contributed by atoms with E-state index in [1.807, 2.05) is 0 Å². The molecule has 0 saturated carbocycles. The fourth-order valence-corrected chi connectivity index (χ4v) is 0.0642. The van der Waals surface area contributed by atoms with Crippen molar-refractivity contribution in [2.75, 3.05) is 0 Å². The molecule has 0 aromatic heterocycles. The predicted molar refractivity (Wildman–Crippen MR) is 25.6 cm³/mol. The second-order valence-corrected chi connectivity index (χ2v) is 1.33. The van der Waals surface area contributed by atoms with Crippen LogP contribution in [0.2, 0.25) is 0 Å². The molecule has 0 unspecified atom stereocenters. The van der Waals surface area contributed by atoms with Crippen LogP contribution in [0.3, 0.4) is 0 Å². The molecule has 0 aliphatic heterocycles. The molecule has 0 rings (SSSR count). The Labute approximate surface area is 41.1 Å². The van der Waals surface area contributed by atoms with E-state index in [4.69, 9.17) is 22.4 Å². The summed E-state index contributed by atoms with van der Waals surface area (Å²) in [6.07, 6.45) is 2.61. The molecule has 0 spiro atoms. The van der Waals surface area contributed by atoms with Gasteiger partial charge in [0.25, 0.3) is 0 Å². The van der Waals surface area contributed by atoms with Crippen LogP contribution in [0.1, 0.15) is 0 Å². The minimum absolute atomic E-state index is 0.287. The molecule has 0 atom stereocenters. The summed E-state index contributed by atoms with van der Waals surface area (Å²) >= 11 is 5.29. The van der Waals surface area contributed by atoms with E-state index in [9.17, 15) is 0 Å². The molecule has 0 heterocycles. The van der Waals surface area contributed by atoms with Crippen molar-refractivity contribution in [2.45, 2.75) is 5.38 Å². The van der Waals surface area contributed by atoms with Gasteiger partial charge in [-0.25, -0.2) is 0 Å². The summed E-state index contributed by atoms with van der Waals surface area (Å²) in [6, 6.07) is 0. The van der Waals surface area contributed by atoms with E-state index >= 15 is 0 Å². The second kappa shape index (κ2) is 2.85. The summed E-state index contributed by atoms with van der Waals surface area (Å²) in [5.74, 6) is 0. The zero-order valence-electron chi connectivity index (χ0n) is 3.26. The maximum absolute atomic E-state index is 5.29. The van der Waals surface area contributed by atoms with Crippen molar-refractivity contribution in [3.8, 4) is 0 Å². The van der Waals surface area contributed by atoms with E-state index in [2.05, 4.69) is 0 Å². The normalized spacial score (nSPS) is 8.33. The first kappa shape index (κ1) is 5.63. The van der Waals surface area contributed by atoms with Crippen LogP contribution < -0.4 is 10.8 Å². The smallest absolute Gasteiger partial charge is 0.186 e. The molecule has 6 heavy (non-hydrogen) atoms. The summed E-state index contributed by atoms with van der Waals surface area (Å²) < 4.78 is 0. The van der Waals surface area contributed by atoms with Gasteiger partial charge in [-0.3, -0.25) is 10.8 Å². The summed E-state index contributed by atoms with van der Waals surface area (Å²) in [7, 11) is 0. The maximum atomic E-state index is 5.29. The van der Waals surface area contributed by atoms with E-state index in [0.717, 1.165) is 0 Å². The fourth-order valence-electron chi connectivity index (χ4n) is 0.0642. The minimum atomic E-state index is -0.287. The Hall–Kier alpha value is -0.370. The molecule has 0 aliphatic carbocycles. The van der Waals surface area contributed by atoms with E-state index < -0.39 is 0 Å². The zero-order chi connectivity index (χ0) is 4.99. The summed E-state index contributed by atoms with van der Waals surface area (Å²) in [6.45, 7) is 0. The van der Waals surface area contributed by atoms with Crippen molar-refractivity contribution < 1.29 is 10.8 Å². The monoisotopic (exact) mass is 106 g/mol. The molecule has 0 saturated heterocycles. The number of alkyl halides is 1. The molecular formula is C3H7ClN2+2. The van der Waals surface area contributed by atoms with Gasteiger partial charge >= 0.3 is 0 Å². The van der Waals surface area contributed by atoms with Gasteiger partial charge in [0.1, 0.15) is 0 Å². The molecule has 3 heteroatoms. The lowest BCUT2D eigenvalue weighted by Gasteiger charge is -1.72. The third kappa shape index (κ3) is 1.91. The molecule has 0 amide bonds. The van der Waals surface area contributed by atoms with Gasteiger partial charge in [-0.15, -0.1) is 11.6 Å². The van der Waals surface area contributed by atoms with Crippen molar-refractivity contribution in [1.82, 2.24) is 0 Å². The number of nitrogens with two attached hydrogens (primary N) is 2. The average Bonchev–Trinajstić information content (AvgIpc) is 1.65. The first-order valence-electron chi connectivity index (χ1n) is 1.55. The van der Waals surface area contributed by atoms with Gasteiger partial charge in [0.15, 0.2) is 17.8 Å². The Morgan fingerprint density at radius 1 is 1.33 bits per heavy atom. The van der Waals surface area contributed by atoms with Gasteiger partial charge in [-0.2, -0.15) is 0 Å². The number of rotatable bonds is 2. The van der Waals surface area contributed by atoms with Crippen LogP contribution in [0.5, 0.6) is 0 Å². The summed E-state index contributed by atoms with van der Waals surface area (Å²) in [5, 5.41) is 9.54. The Morgan fingerprint density at radius 2 is 1.67 bits per heavy atom. The van der Waals surface area contributed by atoms with E-state index in [0.29, 0.717) is 0 Å². The molecule has 0 radical (unpaired) electrons. The van der Waals surface area contributed by atoms with Crippen LogP contribution in [0.15, 0.2) is 0 Å². The molecule has 0 bridgehead atoms. The van der Waals surface area contributed by atoms with Crippen LogP contribution in [0.25, 0.3) is 0 Å². The van der Waals surface area contributed by atoms with Gasteiger partial charge in [0, 0.05) is 0 Å². The van der Waals surface area contributed by atoms with Crippen LogP contribution in [0.4, 0.5) is 0 Å². The molecular weight excluding hydrogens is 99.5 g/mol. The first-order valence-corrected chi connectivity index (χ1v) is 1.99. The van der Waals surface area contributed by atoms with Crippen LogP contribution in [0, 0.1) is 0 Å². The van der Waals surface area contributed by atoms with Gasteiger partial charge < -0.3 is 0 Å². The van der Waals surface area contributed by atoms with Crippen LogP contribution in [-0.2, 0) is 0 Å². The highest BCUT2D eigenvalue weighted by Gasteiger charge is 1.95. The fraction of sp³-hybridized carbons (Fsp3) is 0.333.